The van der Waals surface area contributed by atoms with Crippen LogP contribution in [-0.2, 0) is 67.5 Å². The van der Waals surface area contributed by atoms with E-state index in [1.165, 1.54) is 104 Å². The molecule has 4 aliphatic carbocycles. The fourth-order valence-electron chi connectivity index (χ4n) is 22.5. The monoisotopic (exact) mass is 1910 g/mol. The number of carbonyl (C=O) groups excluding carboxylic acids is 1. The second-order valence-corrected chi connectivity index (χ2v) is 38.1. The van der Waals surface area contributed by atoms with Gasteiger partial charge in [0.15, 0.2) is 5.82 Å². The number of benzene rings is 5. The van der Waals surface area contributed by atoms with Crippen molar-refractivity contribution in [2.45, 2.75) is 157 Å². The number of aromatic amines is 11. The lowest BCUT2D eigenvalue weighted by Gasteiger charge is -2.33. The minimum atomic E-state index is -0.973. The molecule has 40 heteroatoms. The molecule has 718 valence electrons. The molecule has 18 aromatic heterocycles. The number of aryl methyl sites for hydroxylation is 9. The maximum atomic E-state index is 12.4. The Kier molecular flexibility index (Phi) is 22.2. The van der Waals surface area contributed by atoms with Gasteiger partial charge in [0.25, 0.3) is 0 Å². The third-order valence-electron chi connectivity index (χ3n) is 29.4. The first kappa shape index (κ1) is 88.0. The van der Waals surface area contributed by atoms with E-state index in [2.05, 4.69) is 194 Å². The number of likely N-dealkylation sites (N-methyl/N-ethyl adjacent to an activating group) is 1. The molecule has 0 spiro atoms. The summed E-state index contributed by atoms with van der Waals surface area (Å²) in [6.45, 7) is 14.8. The molecule has 1 amide bonds. The number of nitrogens with one attached hydrogen (secondary N) is 11. The van der Waals surface area contributed by atoms with Crippen LogP contribution in [0.15, 0.2) is 135 Å². The molecule has 144 heavy (non-hydrogen) atoms. The van der Waals surface area contributed by atoms with Gasteiger partial charge in [-0.05, 0) is 267 Å². The molecule has 2 aliphatic heterocycles. The van der Waals surface area contributed by atoms with Crippen molar-refractivity contribution in [3.63, 3.8) is 0 Å². The van der Waals surface area contributed by atoms with E-state index in [1.54, 1.807) is 31.0 Å². The molecule has 5 aromatic carbocycles. The molecule has 40 nitrogen and oxygen atoms in total. The highest BCUT2D eigenvalue weighted by Gasteiger charge is 2.34. The standard InChI is InChI=1S/C23H27N7.C22H20N8O2.C22H19N7.C19H17N9.C18H16N6O/c1-14-17(13-24-26-14)22-16-6-4-3-5-15(16)20-18(25-22)7-8-19-21(20)23(28-27-19)30-11-9-29(2)10-12-30;1-11-14(8-23-25-11)21-13-5-3-2-4-12(13)19-15(24-21)6-7-16-20(19)22(28-26-16)17-9-30(29-27-17)10-18(31)32;1-13-16(12-24-26-13)21-15-5-3-2-4-14(15)19-17(25-21)6-7-18-20(19)22(28-27-18)29-10-8-23-9-11-29;1-9-12(8-20-22-9)17-11-5-3-2-4-10(11)15-13(21-17)6-7-14-16(15)18(24-23-14)19-25-27-28-26-19;1-10-11(8-19-22-10)15-7-16(24-6-2-3-17(24)25)18-12-9-20-23-13(12)4-5-14(18)21-15/h7-8,13H,3-6,9-12H2,1-2H3,(H,24,26)(H,27,28);6-9H,2-5,10H2,1H3,(H,23,25)(H,26,28)(H,31,32);6-12,23H,2-5H2,1H3;6-8H,2-5H2,1H3,(H,20,22)(H,23,24)(H,25,26,27,28);4-5,7-9H,2-3,6H2,1H3,(H,19,22)(H,20,23)/p+1. The summed E-state index contributed by atoms with van der Waals surface area (Å²) in [5.74, 6) is 1.64. The van der Waals surface area contributed by atoms with Gasteiger partial charge in [0.1, 0.15) is 41.4 Å². The van der Waals surface area contributed by atoms with E-state index < -0.39 is 5.97 Å². The highest BCUT2D eigenvalue weighted by Crippen LogP contribution is 2.48. The van der Waals surface area contributed by atoms with Gasteiger partial charge in [-0.25, -0.2) is 29.6 Å². The molecule has 23 aromatic rings. The van der Waals surface area contributed by atoms with Gasteiger partial charge in [0.05, 0.1) is 156 Å². The zero-order valence-electron chi connectivity index (χ0n) is 80.1. The number of anilines is 2. The van der Waals surface area contributed by atoms with Gasteiger partial charge in [-0.2, -0.15) is 60.8 Å². The molecule has 0 saturated carbocycles. The topological polar surface area (TPSA) is 517 Å². The summed E-state index contributed by atoms with van der Waals surface area (Å²) >= 11 is 0. The summed E-state index contributed by atoms with van der Waals surface area (Å²) in [5.41, 5.74) is 38.8. The number of nitrogens with zero attached hydrogens (tertiary/aromatic N) is 26. The lowest BCUT2D eigenvalue weighted by atomic mass is 9.85. The Hall–Kier alpha value is -17.5. The smallest absolute Gasteiger partial charge is 0.362 e. The number of tetrazole rings is 1. The molecular formula is C104H100N37O3+. The molecule has 2 fully saturated rings. The van der Waals surface area contributed by atoms with Crippen LogP contribution in [0.4, 0.5) is 11.5 Å². The van der Waals surface area contributed by atoms with Crippen LogP contribution in [-0.4, -0.2) is 229 Å². The minimum Gasteiger partial charge on any atom is -0.480 e. The Bertz CT molecular complexity index is 8950. The molecule has 0 atom stereocenters. The third kappa shape index (κ3) is 15.4. The molecule has 12 N–H and O–H groups in total. The number of aromatic nitrogens is 34. The number of piperazine rings is 1. The zero-order chi connectivity index (χ0) is 97.1. The fraction of sp³-hybridized carbons (Fsp3) is 0.288. The number of hydrogen-bond donors (Lipinski definition) is 12. The number of carbonyl (C=O) groups is 2. The van der Waals surface area contributed by atoms with E-state index in [1.807, 2.05) is 104 Å². The maximum Gasteiger partial charge on any atom is 0.362 e. The first-order chi connectivity index (χ1) is 70.6. The van der Waals surface area contributed by atoms with Gasteiger partial charge in [-0.1, -0.05) is 5.21 Å². The molecule has 0 radical (unpaired) electrons. The minimum absolute atomic E-state index is 0.155. The number of amides is 1. The van der Waals surface area contributed by atoms with Crippen LogP contribution in [0.3, 0.4) is 0 Å². The highest BCUT2D eigenvalue weighted by molar-refractivity contribution is 6.19. The molecular weight excluding hydrogens is 1820 g/mol. The second-order valence-electron chi connectivity index (χ2n) is 38.1. The lowest BCUT2D eigenvalue weighted by molar-refractivity contribution is -0.598. The van der Waals surface area contributed by atoms with Crippen LogP contribution in [0.25, 0.3) is 194 Å². The van der Waals surface area contributed by atoms with Crippen molar-refractivity contribution in [3.05, 3.63) is 208 Å². The molecule has 2 saturated heterocycles. The Morgan fingerprint density at radius 3 is 1.29 bits per heavy atom. The van der Waals surface area contributed by atoms with Crippen LogP contribution < -0.4 is 14.4 Å². The van der Waals surface area contributed by atoms with Crippen LogP contribution >= 0.6 is 0 Å². The van der Waals surface area contributed by atoms with E-state index in [0.29, 0.717) is 29.3 Å². The SMILES string of the molecule is Cc1[nH]ncc1-c1cc(N2CCCC2=O)c2c(ccc3[nH]ncc32)n1.Cc1[nH]ncc1-c1nc2ccc3[nH]nc(-[n+]4ccncc4)c3c2c2c1CCCC2.Cc1[nH]ncc1-c1nc2ccc3[nH]nc(-c4cn(CC(=O)O)nn4)c3c2c2c1CCCC2.Cc1[nH]ncc1-c1nc2ccc3[nH]nc(-c4nn[nH]n4)c3c2c2c1CCCC2.Cc1[nH]ncc1-c1nc2ccc3[nH]nc(N4CCN(C)CC4)c3c2c2c1CCCC2. The quantitative estimate of drug-likeness (QED) is 0.0505. The van der Waals surface area contributed by atoms with Crippen LogP contribution in [0.5, 0.6) is 0 Å². The molecule has 6 aliphatic rings. The summed E-state index contributed by atoms with van der Waals surface area (Å²) < 4.78 is 3.31. The van der Waals surface area contributed by atoms with Crippen molar-refractivity contribution in [1.29, 1.82) is 0 Å². The van der Waals surface area contributed by atoms with Crippen molar-refractivity contribution in [2.75, 3.05) is 49.6 Å². The number of H-pyrrole nitrogens is 11. The van der Waals surface area contributed by atoms with Crippen LogP contribution in [0.2, 0.25) is 0 Å². The Morgan fingerprint density at radius 1 is 0.389 bits per heavy atom. The van der Waals surface area contributed by atoms with E-state index in [0.717, 1.165) is 298 Å². The van der Waals surface area contributed by atoms with Gasteiger partial charge < -0.3 is 19.8 Å². The number of carboxylic acids is 1. The summed E-state index contributed by atoms with van der Waals surface area (Å²) in [4.78, 5) is 59.6. The van der Waals surface area contributed by atoms with E-state index in [4.69, 9.17) is 35.1 Å². The number of fused-ring (bicyclic) bond motifs is 23. The third-order valence-corrected chi connectivity index (χ3v) is 29.4. The molecule has 20 heterocycles. The summed E-state index contributed by atoms with van der Waals surface area (Å²) in [5, 5.41) is 117. The van der Waals surface area contributed by atoms with Gasteiger partial charge in [0, 0.05) is 139 Å². The molecule has 0 bridgehead atoms. The van der Waals surface area contributed by atoms with Gasteiger partial charge >= 0.3 is 11.8 Å². The average molecular weight is 1920 g/mol. The zero-order valence-corrected chi connectivity index (χ0v) is 80.1. The Balaban J connectivity index is 0.0000000944. The predicted molar refractivity (Wildman–Crippen MR) is 546 cm³/mol. The van der Waals surface area contributed by atoms with E-state index >= 15 is 0 Å². The van der Waals surface area contributed by atoms with Gasteiger partial charge in [0.2, 0.25) is 11.7 Å². The van der Waals surface area contributed by atoms with Crippen LogP contribution in [0.1, 0.15) is 137 Å². The average Bonchev–Trinajstić information content (AvgIpc) is 1.48. The fourth-order valence-corrected chi connectivity index (χ4v) is 22.5. The lowest BCUT2D eigenvalue weighted by Crippen LogP contribution is -2.44. The van der Waals surface area contributed by atoms with Crippen molar-refractivity contribution in [3.8, 4) is 85.0 Å². The highest BCUT2D eigenvalue weighted by atomic mass is 16.4. The van der Waals surface area contributed by atoms with Crippen molar-refractivity contribution >= 4 is 132 Å². The number of pyridine rings is 5. The van der Waals surface area contributed by atoms with Gasteiger partial charge in [-0.15, -0.1) is 15.3 Å². The number of rotatable bonds is 12. The number of carboxylic acid groups (broad SMARTS) is 1. The maximum absolute atomic E-state index is 12.4. The molecule has 29 rings (SSSR count). The van der Waals surface area contributed by atoms with E-state index in [9.17, 15) is 9.59 Å². The first-order valence-corrected chi connectivity index (χ1v) is 49.1. The van der Waals surface area contributed by atoms with Crippen molar-refractivity contribution < 1.29 is 19.3 Å². The van der Waals surface area contributed by atoms with Crippen molar-refractivity contribution in [1.82, 2.24) is 172 Å². The van der Waals surface area contributed by atoms with Crippen molar-refractivity contribution in [2.24, 2.45) is 0 Å². The molecule has 0 unspecified atom stereocenters. The Morgan fingerprint density at radius 2 is 0.819 bits per heavy atom. The summed E-state index contributed by atoms with van der Waals surface area (Å²) in [6.07, 6.45) is 39.3. The Labute approximate surface area is 818 Å². The van der Waals surface area contributed by atoms with Gasteiger partial charge in [-0.3, -0.25) is 60.5 Å². The van der Waals surface area contributed by atoms with E-state index in [-0.39, 0.29) is 12.5 Å². The van der Waals surface area contributed by atoms with Crippen LogP contribution in [0, 0.1) is 34.6 Å². The normalized spacial score (nSPS) is 14.8. The summed E-state index contributed by atoms with van der Waals surface area (Å²) in [7, 11) is 2.19. The largest absolute Gasteiger partial charge is 0.480 e. The predicted octanol–water partition coefficient (Wildman–Crippen LogP) is 15.6. The first-order valence-electron chi connectivity index (χ1n) is 49.1. The second kappa shape index (κ2) is 36.3. The number of hydrogen-bond acceptors (Lipinski definition) is 25. The summed E-state index contributed by atoms with van der Waals surface area (Å²) in [6, 6.07) is 22.5. The number of aliphatic carboxylic acids is 1.